The van der Waals surface area contributed by atoms with Crippen LogP contribution in [0.1, 0.15) is 89.6 Å². The van der Waals surface area contributed by atoms with Crippen LogP contribution in [-0.4, -0.2) is 83.1 Å². The van der Waals surface area contributed by atoms with Gasteiger partial charge in [-0.3, -0.25) is 14.4 Å². The molecular formula is C30H41F3N4O6. The van der Waals surface area contributed by atoms with E-state index in [0.717, 1.165) is 12.1 Å². The van der Waals surface area contributed by atoms with Gasteiger partial charge in [-0.15, -0.1) is 0 Å². The SMILES string of the molecule is CCC(=O)NCCN1C(=O)C2(CC2)Oc2cc(C(F)(F)F)c(C(=O)N(C(C)C)[C@@H]3CCCN(C(=O)OC(C)(C)C)C3)cc21. The lowest BCUT2D eigenvalue weighted by Crippen LogP contribution is -2.54. The summed E-state index contributed by atoms with van der Waals surface area (Å²) in [6.07, 6.45) is -3.44. The summed E-state index contributed by atoms with van der Waals surface area (Å²) < 4.78 is 54.8. The topological polar surface area (TPSA) is 108 Å². The van der Waals surface area contributed by atoms with Crippen molar-refractivity contribution >= 4 is 29.5 Å². The molecule has 1 atom stereocenters. The summed E-state index contributed by atoms with van der Waals surface area (Å²) in [5, 5.41) is 2.68. The van der Waals surface area contributed by atoms with Crippen LogP contribution in [0.2, 0.25) is 0 Å². The molecule has 1 N–H and O–H groups in total. The molecule has 4 rings (SSSR count). The van der Waals surface area contributed by atoms with Crippen LogP contribution in [0.3, 0.4) is 0 Å². The highest BCUT2D eigenvalue weighted by molar-refractivity contribution is 6.06. The molecule has 0 aromatic heterocycles. The highest BCUT2D eigenvalue weighted by Gasteiger charge is 2.58. The number of hydrogen-bond donors (Lipinski definition) is 1. The van der Waals surface area contributed by atoms with Crippen LogP contribution in [0.15, 0.2) is 12.1 Å². The molecule has 0 radical (unpaired) electrons. The molecule has 2 aliphatic heterocycles. The molecule has 1 saturated carbocycles. The molecule has 2 heterocycles. The molecule has 3 aliphatic rings. The number of carbonyl (C=O) groups is 4. The Hall–Kier alpha value is -3.51. The van der Waals surface area contributed by atoms with Crippen LogP contribution < -0.4 is 15.0 Å². The summed E-state index contributed by atoms with van der Waals surface area (Å²) in [5.41, 5.74) is -3.68. The Bertz CT molecular complexity index is 1270. The van der Waals surface area contributed by atoms with Gasteiger partial charge in [0.2, 0.25) is 5.91 Å². The number of ether oxygens (including phenoxy) is 2. The molecule has 1 aromatic rings. The molecule has 238 valence electrons. The predicted molar refractivity (Wildman–Crippen MR) is 152 cm³/mol. The van der Waals surface area contributed by atoms with Crippen LogP contribution in [-0.2, 0) is 20.5 Å². The summed E-state index contributed by atoms with van der Waals surface area (Å²) in [6.45, 7) is 10.9. The lowest BCUT2D eigenvalue weighted by molar-refractivity contribution is -0.138. The van der Waals surface area contributed by atoms with Gasteiger partial charge in [0.15, 0.2) is 5.60 Å². The van der Waals surface area contributed by atoms with E-state index in [-0.39, 0.29) is 43.4 Å². The summed E-state index contributed by atoms with van der Waals surface area (Å²) in [6, 6.07) is 0.832. The zero-order valence-electron chi connectivity index (χ0n) is 25.6. The zero-order chi connectivity index (χ0) is 31.9. The maximum atomic E-state index is 14.5. The molecule has 1 aromatic carbocycles. The number of halogens is 3. The first kappa shape index (κ1) is 32.4. The molecule has 0 bridgehead atoms. The third-order valence-corrected chi connectivity index (χ3v) is 7.78. The fraction of sp³-hybridized carbons (Fsp3) is 0.667. The molecule has 1 saturated heterocycles. The van der Waals surface area contributed by atoms with Crippen molar-refractivity contribution < 1.29 is 41.8 Å². The summed E-state index contributed by atoms with van der Waals surface area (Å²) in [5.74, 6) is -1.64. The van der Waals surface area contributed by atoms with E-state index in [2.05, 4.69) is 5.32 Å². The molecule has 2 fully saturated rings. The minimum absolute atomic E-state index is 0.00302. The average Bonchev–Trinajstić information content (AvgIpc) is 3.68. The Labute approximate surface area is 249 Å². The first-order chi connectivity index (χ1) is 20.0. The van der Waals surface area contributed by atoms with Gasteiger partial charge < -0.3 is 29.5 Å². The van der Waals surface area contributed by atoms with Gasteiger partial charge in [-0.2, -0.15) is 13.2 Å². The first-order valence-corrected chi connectivity index (χ1v) is 14.8. The number of anilines is 1. The van der Waals surface area contributed by atoms with Crippen molar-refractivity contribution in [2.75, 3.05) is 31.1 Å². The number of hydrogen-bond acceptors (Lipinski definition) is 6. The number of fused-ring (bicyclic) bond motifs is 1. The second kappa shape index (κ2) is 11.9. The number of benzene rings is 1. The largest absolute Gasteiger partial charge is 0.475 e. The van der Waals surface area contributed by atoms with Crippen LogP contribution in [0.4, 0.5) is 23.7 Å². The molecule has 43 heavy (non-hydrogen) atoms. The standard InChI is InChI=1S/C30H41F3N4O6/c1-7-24(38)34-12-14-36-22-15-20(21(30(31,32)33)16-23(22)42-29(10-11-29)26(36)40)25(39)37(18(2)3)19-9-8-13-35(17-19)27(41)43-28(4,5)6/h15-16,18-19H,7-14,17H2,1-6H3,(H,34,38)/t19-/m1/s1. The van der Waals surface area contributed by atoms with Crippen molar-refractivity contribution in [3.63, 3.8) is 0 Å². The predicted octanol–water partition coefficient (Wildman–Crippen LogP) is 4.74. The lowest BCUT2D eigenvalue weighted by Gasteiger charge is -2.42. The minimum Gasteiger partial charge on any atom is -0.475 e. The van der Waals surface area contributed by atoms with E-state index >= 15 is 0 Å². The quantitative estimate of drug-likeness (QED) is 0.478. The van der Waals surface area contributed by atoms with Crippen molar-refractivity contribution in [3.8, 4) is 5.75 Å². The number of carbonyl (C=O) groups excluding carboxylic acids is 4. The van der Waals surface area contributed by atoms with E-state index < -0.39 is 58.5 Å². The Kier molecular flexibility index (Phi) is 8.95. The zero-order valence-corrected chi connectivity index (χ0v) is 25.6. The first-order valence-electron chi connectivity index (χ1n) is 14.8. The van der Waals surface area contributed by atoms with Crippen molar-refractivity contribution in [1.82, 2.24) is 15.1 Å². The number of amides is 4. The number of piperidine rings is 1. The number of nitrogens with zero attached hydrogens (tertiary/aromatic N) is 3. The van der Waals surface area contributed by atoms with Gasteiger partial charge in [-0.25, -0.2) is 4.79 Å². The average molecular weight is 611 g/mol. The fourth-order valence-corrected chi connectivity index (χ4v) is 5.60. The molecule has 1 spiro atoms. The molecule has 13 heteroatoms. The summed E-state index contributed by atoms with van der Waals surface area (Å²) in [4.78, 5) is 56.2. The van der Waals surface area contributed by atoms with Crippen LogP contribution in [0, 0.1) is 0 Å². The van der Waals surface area contributed by atoms with E-state index in [0.29, 0.717) is 32.2 Å². The highest BCUT2D eigenvalue weighted by atomic mass is 19.4. The summed E-state index contributed by atoms with van der Waals surface area (Å²) >= 11 is 0. The lowest BCUT2D eigenvalue weighted by atomic mass is 9.97. The van der Waals surface area contributed by atoms with E-state index in [9.17, 15) is 32.3 Å². The second-order valence-electron chi connectivity index (χ2n) is 12.6. The number of nitrogens with one attached hydrogen (secondary N) is 1. The van der Waals surface area contributed by atoms with E-state index in [1.807, 2.05) is 0 Å². The van der Waals surface area contributed by atoms with Crippen LogP contribution in [0.25, 0.3) is 0 Å². The smallest absolute Gasteiger partial charge is 0.417 e. The number of alkyl halides is 3. The highest BCUT2D eigenvalue weighted by Crippen LogP contribution is 2.51. The fourth-order valence-electron chi connectivity index (χ4n) is 5.60. The van der Waals surface area contributed by atoms with Crippen LogP contribution >= 0.6 is 0 Å². The van der Waals surface area contributed by atoms with Crippen LogP contribution in [0.5, 0.6) is 5.75 Å². The molecular weight excluding hydrogens is 569 g/mol. The Morgan fingerprint density at radius 2 is 1.86 bits per heavy atom. The van der Waals surface area contributed by atoms with Crippen molar-refractivity contribution in [3.05, 3.63) is 23.3 Å². The van der Waals surface area contributed by atoms with E-state index in [1.165, 1.54) is 14.7 Å². The second-order valence-corrected chi connectivity index (χ2v) is 12.6. The van der Waals surface area contributed by atoms with Crippen molar-refractivity contribution in [1.29, 1.82) is 0 Å². The van der Waals surface area contributed by atoms with Gasteiger partial charge in [0, 0.05) is 51.5 Å². The Morgan fingerprint density at radius 3 is 2.42 bits per heavy atom. The monoisotopic (exact) mass is 610 g/mol. The Balaban J connectivity index is 1.71. The third-order valence-electron chi connectivity index (χ3n) is 7.78. The van der Waals surface area contributed by atoms with Gasteiger partial charge in [-0.05, 0) is 59.6 Å². The van der Waals surface area contributed by atoms with Gasteiger partial charge >= 0.3 is 12.3 Å². The molecule has 4 amide bonds. The van der Waals surface area contributed by atoms with Crippen molar-refractivity contribution in [2.45, 2.75) is 103 Å². The molecule has 10 nitrogen and oxygen atoms in total. The van der Waals surface area contributed by atoms with Crippen molar-refractivity contribution in [2.24, 2.45) is 0 Å². The van der Waals surface area contributed by atoms with Gasteiger partial charge in [0.1, 0.15) is 11.4 Å². The number of rotatable bonds is 7. The third kappa shape index (κ3) is 7.01. The molecule has 1 aliphatic carbocycles. The van der Waals surface area contributed by atoms with Gasteiger partial charge in [-0.1, -0.05) is 6.92 Å². The number of likely N-dealkylation sites (tertiary alicyclic amines) is 1. The molecule has 0 unspecified atom stereocenters. The minimum atomic E-state index is -4.89. The summed E-state index contributed by atoms with van der Waals surface area (Å²) in [7, 11) is 0. The van der Waals surface area contributed by atoms with E-state index in [1.54, 1.807) is 41.5 Å². The van der Waals surface area contributed by atoms with Gasteiger partial charge in [0.05, 0.1) is 22.9 Å². The maximum absolute atomic E-state index is 14.5. The van der Waals surface area contributed by atoms with Gasteiger partial charge in [0.25, 0.3) is 11.8 Å². The maximum Gasteiger partial charge on any atom is 0.417 e. The van der Waals surface area contributed by atoms with E-state index in [4.69, 9.17) is 9.47 Å². The Morgan fingerprint density at radius 1 is 1.19 bits per heavy atom. The normalized spacial score (nSPS) is 19.6.